The summed E-state index contributed by atoms with van der Waals surface area (Å²) in [4.78, 5) is 14.9. The minimum Gasteiger partial charge on any atom is -0.456 e. The summed E-state index contributed by atoms with van der Waals surface area (Å²) in [6.45, 7) is 0. The molecule has 3 heterocycles. The number of hydrogen-bond acceptors (Lipinski definition) is 5. The average molecular weight is 734 g/mol. The quantitative estimate of drug-likeness (QED) is 0.171. The van der Waals surface area contributed by atoms with Gasteiger partial charge in [-0.25, -0.2) is 15.0 Å². The van der Waals surface area contributed by atoms with Gasteiger partial charge in [0, 0.05) is 47.6 Å². The van der Waals surface area contributed by atoms with E-state index in [2.05, 4.69) is 127 Å². The first-order valence-electron chi connectivity index (χ1n) is 18.7. The third-order valence-corrected chi connectivity index (χ3v) is 11.6. The highest BCUT2D eigenvalue weighted by atomic mass is 32.1. The summed E-state index contributed by atoms with van der Waals surface area (Å²) >= 11 is 1.85. The maximum atomic E-state index is 6.69. The van der Waals surface area contributed by atoms with Crippen LogP contribution >= 0.6 is 11.3 Å². The van der Waals surface area contributed by atoms with Gasteiger partial charge in [-0.05, 0) is 75.8 Å². The zero-order chi connectivity index (χ0) is 37.0. The van der Waals surface area contributed by atoms with Gasteiger partial charge in [0.15, 0.2) is 17.5 Å². The van der Waals surface area contributed by atoms with Crippen molar-refractivity contribution in [2.24, 2.45) is 0 Å². The summed E-state index contributed by atoms with van der Waals surface area (Å²) in [5, 5.41) is 4.72. The molecule has 0 atom stereocenters. The molecule has 0 amide bonds. The molecule has 0 radical (unpaired) electrons. The van der Waals surface area contributed by atoms with Gasteiger partial charge in [0.2, 0.25) is 0 Å². The van der Waals surface area contributed by atoms with Gasteiger partial charge in [-0.3, -0.25) is 0 Å². The lowest BCUT2D eigenvalue weighted by molar-refractivity contribution is 0.669. The van der Waals surface area contributed by atoms with E-state index in [-0.39, 0.29) is 0 Å². The van der Waals surface area contributed by atoms with Crippen molar-refractivity contribution in [3.8, 4) is 67.5 Å². The second-order valence-corrected chi connectivity index (χ2v) is 15.1. The Bertz CT molecular complexity index is 3180. The summed E-state index contributed by atoms with van der Waals surface area (Å²) in [7, 11) is 0. The zero-order valence-electron chi connectivity index (χ0n) is 30.1. The van der Waals surface area contributed by atoms with Gasteiger partial charge in [-0.2, -0.15) is 0 Å². The van der Waals surface area contributed by atoms with E-state index in [0.717, 1.165) is 55.3 Å². The van der Waals surface area contributed by atoms with Crippen molar-refractivity contribution < 1.29 is 4.42 Å². The van der Waals surface area contributed by atoms with Crippen LogP contribution < -0.4 is 0 Å². The fourth-order valence-corrected chi connectivity index (χ4v) is 9.05. The lowest BCUT2D eigenvalue weighted by atomic mass is 9.93. The van der Waals surface area contributed by atoms with Crippen molar-refractivity contribution in [2.45, 2.75) is 0 Å². The Balaban J connectivity index is 1.05. The normalized spacial score (nSPS) is 11.6. The van der Waals surface area contributed by atoms with Crippen LogP contribution in [-0.2, 0) is 0 Å². The van der Waals surface area contributed by atoms with Crippen LogP contribution in [0.4, 0.5) is 0 Å². The van der Waals surface area contributed by atoms with E-state index < -0.39 is 0 Å². The summed E-state index contributed by atoms with van der Waals surface area (Å²) in [6.07, 6.45) is 0. The maximum Gasteiger partial charge on any atom is 0.164 e. The number of aromatic nitrogens is 3. The zero-order valence-corrected chi connectivity index (χ0v) is 30.9. The molecule has 11 aromatic rings. The molecule has 0 aliphatic heterocycles. The van der Waals surface area contributed by atoms with Gasteiger partial charge in [0.25, 0.3) is 0 Å². The van der Waals surface area contributed by atoms with Crippen molar-refractivity contribution in [3.63, 3.8) is 0 Å². The fraction of sp³-hybridized carbons (Fsp3) is 0. The van der Waals surface area contributed by atoms with E-state index in [9.17, 15) is 0 Å². The second kappa shape index (κ2) is 13.3. The number of fused-ring (bicyclic) bond motifs is 6. The monoisotopic (exact) mass is 733 g/mol. The standard InChI is InChI=1S/C51H31N3OS/c1-4-14-32(15-5-1)38-29-42(48-41-22-10-11-25-45(41)56-46(48)31-38)36-26-27-40-44(30-36)55-43-24-13-23-39(47(40)43)35-20-12-21-37(28-35)51-53-49(33-16-6-2-7-17-33)52-50(54-51)34-18-8-3-9-19-34/h1-31H. The fourth-order valence-electron chi connectivity index (χ4n) is 7.88. The molecule has 0 aliphatic rings. The Morgan fingerprint density at radius 1 is 0.321 bits per heavy atom. The molecule has 11 rings (SSSR count). The molecular formula is C51H31N3OS. The molecule has 8 aromatic carbocycles. The third kappa shape index (κ3) is 5.56. The highest BCUT2D eigenvalue weighted by Crippen LogP contribution is 2.45. The first-order chi connectivity index (χ1) is 27.7. The SMILES string of the molecule is c1ccc(-c2cc(-c3ccc4c(c3)oc3cccc(-c5cccc(-c6nc(-c7ccccc7)nc(-c7ccccc7)n6)c5)c34)c3c(c2)sc2ccccc23)cc1. The maximum absolute atomic E-state index is 6.69. The molecule has 0 saturated carbocycles. The molecule has 56 heavy (non-hydrogen) atoms. The van der Waals surface area contributed by atoms with Crippen LogP contribution in [0.2, 0.25) is 0 Å². The molecular weight excluding hydrogens is 703 g/mol. The van der Waals surface area contributed by atoms with Crippen molar-refractivity contribution in [2.75, 3.05) is 0 Å². The number of hydrogen-bond donors (Lipinski definition) is 0. The number of rotatable bonds is 6. The van der Waals surface area contributed by atoms with E-state index in [0.29, 0.717) is 17.5 Å². The van der Waals surface area contributed by atoms with Crippen LogP contribution in [0.5, 0.6) is 0 Å². The Morgan fingerprint density at radius 2 is 0.911 bits per heavy atom. The van der Waals surface area contributed by atoms with Crippen molar-refractivity contribution >= 4 is 53.4 Å². The lowest BCUT2D eigenvalue weighted by Crippen LogP contribution is -2.00. The van der Waals surface area contributed by atoms with Crippen LogP contribution in [0.1, 0.15) is 0 Å². The van der Waals surface area contributed by atoms with E-state index in [1.807, 2.05) is 72.0 Å². The van der Waals surface area contributed by atoms with Gasteiger partial charge in [-0.15, -0.1) is 11.3 Å². The Kier molecular flexibility index (Phi) is 7.64. The largest absolute Gasteiger partial charge is 0.456 e. The minimum absolute atomic E-state index is 0.624. The van der Waals surface area contributed by atoms with Gasteiger partial charge in [0.1, 0.15) is 11.2 Å². The van der Waals surface area contributed by atoms with Gasteiger partial charge in [0.05, 0.1) is 0 Å². The van der Waals surface area contributed by atoms with Crippen LogP contribution in [-0.4, -0.2) is 15.0 Å². The summed E-state index contributed by atoms with van der Waals surface area (Å²) in [5.41, 5.74) is 11.4. The van der Waals surface area contributed by atoms with Gasteiger partial charge in [-0.1, -0.05) is 146 Å². The van der Waals surface area contributed by atoms with E-state index in [4.69, 9.17) is 19.4 Å². The van der Waals surface area contributed by atoms with E-state index in [1.54, 1.807) is 0 Å². The average Bonchev–Trinajstić information content (AvgIpc) is 3.85. The highest BCUT2D eigenvalue weighted by molar-refractivity contribution is 7.26. The Morgan fingerprint density at radius 3 is 1.64 bits per heavy atom. The predicted molar refractivity (Wildman–Crippen MR) is 233 cm³/mol. The molecule has 0 fully saturated rings. The predicted octanol–water partition coefficient (Wildman–Crippen LogP) is 14.1. The molecule has 5 heteroatoms. The van der Waals surface area contributed by atoms with Gasteiger partial charge < -0.3 is 4.42 Å². The number of furan rings is 1. The van der Waals surface area contributed by atoms with Crippen molar-refractivity contribution in [1.29, 1.82) is 0 Å². The second-order valence-electron chi connectivity index (χ2n) is 14.0. The molecule has 0 unspecified atom stereocenters. The third-order valence-electron chi connectivity index (χ3n) is 10.5. The molecule has 4 nitrogen and oxygen atoms in total. The number of nitrogens with zero attached hydrogens (tertiary/aromatic N) is 3. The molecule has 0 N–H and O–H groups in total. The van der Waals surface area contributed by atoms with E-state index in [1.165, 1.54) is 36.9 Å². The molecule has 0 saturated heterocycles. The smallest absolute Gasteiger partial charge is 0.164 e. The first-order valence-corrected chi connectivity index (χ1v) is 19.5. The highest BCUT2D eigenvalue weighted by Gasteiger charge is 2.18. The number of thiophene rings is 1. The summed E-state index contributed by atoms with van der Waals surface area (Å²) in [5.74, 6) is 1.90. The Labute approximate surface area is 327 Å². The topological polar surface area (TPSA) is 51.8 Å². The molecule has 0 spiro atoms. The molecule has 0 bridgehead atoms. The summed E-state index contributed by atoms with van der Waals surface area (Å²) < 4.78 is 9.25. The van der Waals surface area contributed by atoms with Crippen LogP contribution in [0.25, 0.3) is 110 Å². The summed E-state index contributed by atoms with van der Waals surface area (Å²) in [6, 6.07) is 65.7. The number of benzene rings is 8. The Hall–Kier alpha value is -7.21. The van der Waals surface area contributed by atoms with Gasteiger partial charge >= 0.3 is 0 Å². The minimum atomic E-state index is 0.624. The molecule has 3 aromatic heterocycles. The first kappa shape index (κ1) is 32.2. The van der Waals surface area contributed by atoms with Crippen LogP contribution in [0.15, 0.2) is 192 Å². The van der Waals surface area contributed by atoms with Crippen LogP contribution in [0, 0.1) is 0 Å². The van der Waals surface area contributed by atoms with E-state index >= 15 is 0 Å². The molecule has 0 aliphatic carbocycles. The van der Waals surface area contributed by atoms with Crippen molar-refractivity contribution in [1.82, 2.24) is 15.0 Å². The lowest BCUT2D eigenvalue weighted by Gasteiger charge is -2.10. The molecule has 262 valence electrons. The van der Waals surface area contributed by atoms with Crippen LogP contribution in [0.3, 0.4) is 0 Å². The van der Waals surface area contributed by atoms with Crippen molar-refractivity contribution in [3.05, 3.63) is 188 Å².